The Morgan fingerprint density at radius 2 is 1.83 bits per heavy atom. The van der Waals surface area contributed by atoms with Crippen LogP contribution in [0.15, 0.2) is 48.5 Å². The van der Waals surface area contributed by atoms with E-state index < -0.39 is 23.3 Å². The monoisotopic (exact) mass is 328 g/mol. The van der Waals surface area contributed by atoms with Gasteiger partial charge in [0.2, 0.25) is 12.2 Å². The lowest BCUT2D eigenvalue weighted by Gasteiger charge is -2.06. The van der Waals surface area contributed by atoms with Gasteiger partial charge in [0, 0.05) is 23.4 Å². The van der Waals surface area contributed by atoms with Gasteiger partial charge >= 0.3 is 5.97 Å². The highest BCUT2D eigenvalue weighted by atomic mass is 16.6. The normalized spacial score (nSPS) is 9.83. The number of ketones is 1. The third kappa shape index (κ3) is 4.23. The van der Waals surface area contributed by atoms with E-state index in [0.717, 1.165) is 6.07 Å². The number of nitro groups is 1. The van der Waals surface area contributed by atoms with E-state index in [-0.39, 0.29) is 16.8 Å². The number of benzene rings is 2. The van der Waals surface area contributed by atoms with E-state index >= 15 is 0 Å². The van der Waals surface area contributed by atoms with E-state index in [1.165, 1.54) is 30.3 Å². The van der Waals surface area contributed by atoms with Gasteiger partial charge in [0.15, 0.2) is 6.61 Å². The third-order valence-electron chi connectivity index (χ3n) is 3.04. The van der Waals surface area contributed by atoms with Crippen LogP contribution >= 0.6 is 0 Å². The van der Waals surface area contributed by atoms with E-state index in [9.17, 15) is 24.5 Å². The number of carbonyl (C=O) groups excluding carboxylic acids is 3. The Bertz CT molecular complexity index is 803. The van der Waals surface area contributed by atoms with Gasteiger partial charge in [-0.05, 0) is 18.2 Å². The predicted octanol–water partition coefficient (Wildman–Crippen LogP) is 2.20. The summed E-state index contributed by atoms with van der Waals surface area (Å²) in [5, 5.41) is 13.1. The Morgan fingerprint density at radius 3 is 2.54 bits per heavy atom. The summed E-state index contributed by atoms with van der Waals surface area (Å²) in [6, 6.07) is 11.1. The molecule has 1 amide bonds. The van der Waals surface area contributed by atoms with E-state index in [0.29, 0.717) is 12.1 Å². The summed E-state index contributed by atoms with van der Waals surface area (Å²) in [7, 11) is 0. The van der Waals surface area contributed by atoms with Crippen molar-refractivity contribution in [3.63, 3.8) is 0 Å². The summed E-state index contributed by atoms with van der Waals surface area (Å²) in [6.07, 6.45) is 0.469. The average molecular weight is 328 g/mol. The molecule has 1 N–H and O–H groups in total. The fourth-order valence-corrected chi connectivity index (χ4v) is 1.89. The molecule has 0 heterocycles. The number of carbonyl (C=O) groups is 3. The largest absolute Gasteiger partial charge is 0.454 e. The van der Waals surface area contributed by atoms with Gasteiger partial charge in [-0.15, -0.1) is 0 Å². The Balaban J connectivity index is 2.02. The topological polar surface area (TPSA) is 116 Å². The van der Waals surface area contributed by atoms with Gasteiger partial charge in [-0.1, -0.05) is 18.2 Å². The summed E-state index contributed by atoms with van der Waals surface area (Å²) in [4.78, 5) is 44.3. The van der Waals surface area contributed by atoms with Crippen molar-refractivity contribution >= 4 is 29.5 Å². The molecule has 0 bridgehead atoms. The summed E-state index contributed by atoms with van der Waals surface area (Å²) >= 11 is 0. The molecule has 0 unspecified atom stereocenters. The first-order valence-corrected chi connectivity index (χ1v) is 6.76. The van der Waals surface area contributed by atoms with Crippen molar-refractivity contribution in [2.24, 2.45) is 0 Å². The molecule has 0 aromatic heterocycles. The van der Waals surface area contributed by atoms with Gasteiger partial charge in [0.1, 0.15) is 0 Å². The second-order valence-corrected chi connectivity index (χ2v) is 4.65. The van der Waals surface area contributed by atoms with Crippen molar-refractivity contribution in [3.05, 3.63) is 69.8 Å². The molecule has 2 aromatic carbocycles. The molecule has 0 saturated carbocycles. The van der Waals surface area contributed by atoms with Crippen LogP contribution in [-0.2, 0) is 9.53 Å². The van der Waals surface area contributed by atoms with Gasteiger partial charge in [-0.25, -0.2) is 4.79 Å². The molecule has 0 atom stereocenters. The Hall–Kier alpha value is -3.55. The molecule has 2 aromatic rings. The van der Waals surface area contributed by atoms with Crippen LogP contribution in [0.1, 0.15) is 20.7 Å². The Morgan fingerprint density at radius 1 is 1.12 bits per heavy atom. The van der Waals surface area contributed by atoms with Crippen molar-refractivity contribution < 1.29 is 24.0 Å². The van der Waals surface area contributed by atoms with Gasteiger partial charge < -0.3 is 10.1 Å². The van der Waals surface area contributed by atoms with Crippen LogP contribution in [-0.4, -0.2) is 29.7 Å². The number of nitrogens with zero attached hydrogens (tertiary/aromatic N) is 1. The number of hydrogen-bond acceptors (Lipinski definition) is 6. The van der Waals surface area contributed by atoms with Crippen LogP contribution in [0.3, 0.4) is 0 Å². The number of nitrogens with one attached hydrogen (secondary N) is 1. The van der Waals surface area contributed by atoms with Crippen LogP contribution in [0.4, 0.5) is 11.4 Å². The second-order valence-electron chi connectivity index (χ2n) is 4.65. The lowest BCUT2D eigenvalue weighted by molar-refractivity contribution is -0.384. The van der Waals surface area contributed by atoms with Crippen LogP contribution in [0.2, 0.25) is 0 Å². The first-order chi connectivity index (χ1) is 11.5. The predicted molar refractivity (Wildman–Crippen MR) is 83.8 cm³/mol. The summed E-state index contributed by atoms with van der Waals surface area (Å²) in [5.74, 6) is -1.31. The average Bonchev–Trinajstić information content (AvgIpc) is 2.60. The minimum atomic E-state index is -0.747. The van der Waals surface area contributed by atoms with E-state index in [1.807, 2.05) is 0 Å². The van der Waals surface area contributed by atoms with Crippen LogP contribution in [0.25, 0.3) is 0 Å². The smallest absolute Gasteiger partial charge is 0.338 e. The SMILES string of the molecule is O=CNc1cccc(C(=O)OCC(=O)c2cccc([N+](=O)[O-])c2)c1. The Labute approximate surface area is 136 Å². The molecule has 0 saturated heterocycles. The molecule has 0 spiro atoms. The number of non-ortho nitro benzene ring substituents is 1. The molecule has 122 valence electrons. The number of hydrogen-bond donors (Lipinski definition) is 1. The number of nitro benzene ring substituents is 1. The zero-order valence-corrected chi connectivity index (χ0v) is 12.3. The molecule has 0 aliphatic rings. The number of amides is 1. The van der Waals surface area contributed by atoms with E-state index in [2.05, 4.69) is 5.32 Å². The summed E-state index contributed by atoms with van der Waals surface area (Å²) < 4.78 is 4.90. The zero-order chi connectivity index (χ0) is 17.5. The van der Waals surface area contributed by atoms with E-state index in [1.54, 1.807) is 12.1 Å². The van der Waals surface area contributed by atoms with Gasteiger partial charge in [-0.3, -0.25) is 19.7 Å². The maximum absolute atomic E-state index is 12.0. The summed E-state index contributed by atoms with van der Waals surface area (Å²) in [6.45, 7) is -0.550. The molecule has 0 radical (unpaired) electrons. The quantitative estimate of drug-likeness (QED) is 0.274. The number of ether oxygens (including phenoxy) is 1. The fourth-order valence-electron chi connectivity index (χ4n) is 1.89. The minimum Gasteiger partial charge on any atom is -0.454 e. The molecular formula is C16H12N2O6. The highest BCUT2D eigenvalue weighted by Gasteiger charge is 2.15. The molecule has 2 rings (SSSR count). The number of esters is 1. The highest BCUT2D eigenvalue weighted by molar-refractivity contribution is 6.00. The van der Waals surface area contributed by atoms with Crippen LogP contribution < -0.4 is 5.32 Å². The molecule has 0 fully saturated rings. The first kappa shape index (κ1) is 16.8. The van der Waals surface area contributed by atoms with Crippen molar-refractivity contribution in [3.8, 4) is 0 Å². The highest BCUT2D eigenvalue weighted by Crippen LogP contribution is 2.14. The third-order valence-corrected chi connectivity index (χ3v) is 3.04. The number of rotatable bonds is 7. The summed E-state index contributed by atoms with van der Waals surface area (Å²) in [5.41, 5.74) is 0.423. The molecule has 0 aliphatic carbocycles. The van der Waals surface area contributed by atoms with Crippen LogP contribution in [0.5, 0.6) is 0 Å². The van der Waals surface area contributed by atoms with Crippen LogP contribution in [0, 0.1) is 10.1 Å². The molecule has 8 nitrogen and oxygen atoms in total. The number of Topliss-reactive ketones (excluding diaryl/α,β-unsaturated/α-hetero) is 1. The van der Waals surface area contributed by atoms with E-state index in [4.69, 9.17) is 4.74 Å². The maximum Gasteiger partial charge on any atom is 0.338 e. The minimum absolute atomic E-state index is 0.0772. The molecule has 0 aliphatic heterocycles. The maximum atomic E-state index is 12.0. The standard InChI is InChI=1S/C16H12N2O6/c19-10-17-13-5-1-4-12(7-13)16(21)24-9-15(20)11-3-2-6-14(8-11)18(22)23/h1-8,10H,9H2,(H,17,19). The first-order valence-electron chi connectivity index (χ1n) is 6.76. The molecule has 24 heavy (non-hydrogen) atoms. The van der Waals surface area contributed by atoms with Crippen molar-refractivity contribution in [1.29, 1.82) is 0 Å². The van der Waals surface area contributed by atoms with Crippen molar-refractivity contribution in [1.82, 2.24) is 0 Å². The van der Waals surface area contributed by atoms with Gasteiger partial charge in [-0.2, -0.15) is 0 Å². The second kappa shape index (κ2) is 7.63. The molecular weight excluding hydrogens is 316 g/mol. The van der Waals surface area contributed by atoms with Gasteiger partial charge in [0.05, 0.1) is 10.5 Å². The lowest BCUT2D eigenvalue weighted by Crippen LogP contribution is -2.14. The zero-order valence-electron chi connectivity index (χ0n) is 12.3. The molecule has 8 heteroatoms. The van der Waals surface area contributed by atoms with Crippen molar-refractivity contribution in [2.45, 2.75) is 0 Å². The fraction of sp³-hybridized carbons (Fsp3) is 0.0625. The van der Waals surface area contributed by atoms with Gasteiger partial charge in [0.25, 0.3) is 5.69 Å². The number of anilines is 1. The lowest BCUT2D eigenvalue weighted by atomic mass is 10.1. The van der Waals surface area contributed by atoms with Crippen molar-refractivity contribution in [2.75, 3.05) is 11.9 Å². The Kier molecular flexibility index (Phi) is 5.35.